The van der Waals surface area contributed by atoms with E-state index in [1.807, 2.05) is 0 Å². The molecule has 112 valence electrons. The number of carbonyl (C=O) groups is 1. The van der Waals surface area contributed by atoms with Gasteiger partial charge in [-0.25, -0.2) is 0 Å². The number of amides is 1. The molecule has 0 aliphatic carbocycles. The summed E-state index contributed by atoms with van der Waals surface area (Å²) in [5.41, 5.74) is 0.668. The van der Waals surface area contributed by atoms with Crippen molar-refractivity contribution in [2.24, 2.45) is 7.05 Å². The average Bonchev–Trinajstić information content (AvgIpc) is 2.82. The van der Waals surface area contributed by atoms with E-state index in [1.165, 1.54) is 18.2 Å². The highest BCUT2D eigenvalue weighted by Gasteiger charge is 2.31. The summed E-state index contributed by atoms with van der Waals surface area (Å²) in [4.78, 5) is 11.9. The molecule has 1 N–H and O–H groups in total. The quantitative estimate of drug-likeness (QED) is 0.943. The summed E-state index contributed by atoms with van der Waals surface area (Å²) < 4.78 is 42.4. The summed E-state index contributed by atoms with van der Waals surface area (Å²) in [6, 6.07) is 9.00. The SMILES string of the molecule is Cn1cccc1C(=O)NCc1ccccc1OC(F)(F)F. The number of alkyl halides is 3. The van der Waals surface area contributed by atoms with Gasteiger partial charge in [0, 0.05) is 25.4 Å². The molecule has 0 unspecified atom stereocenters. The molecule has 0 spiro atoms. The number of nitrogens with one attached hydrogen (secondary N) is 1. The molecule has 4 nitrogen and oxygen atoms in total. The van der Waals surface area contributed by atoms with Crippen molar-refractivity contribution in [3.63, 3.8) is 0 Å². The molecule has 1 aromatic carbocycles. The lowest BCUT2D eigenvalue weighted by molar-refractivity contribution is -0.274. The lowest BCUT2D eigenvalue weighted by atomic mass is 10.2. The zero-order valence-corrected chi connectivity index (χ0v) is 11.1. The van der Waals surface area contributed by atoms with Crippen LogP contribution in [0.15, 0.2) is 42.6 Å². The van der Waals surface area contributed by atoms with Gasteiger partial charge in [-0.3, -0.25) is 4.79 Å². The minimum absolute atomic E-state index is 0.0593. The Labute approximate surface area is 119 Å². The fourth-order valence-electron chi connectivity index (χ4n) is 1.84. The van der Waals surface area contributed by atoms with Gasteiger partial charge in [0.05, 0.1) is 0 Å². The number of hydrogen-bond acceptors (Lipinski definition) is 2. The van der Waals surface area contributed by atoms with Crippen LogP contribution in [-0.4, -0.2) is 16.8 Å². The van der Waals surface area contributed by atoms with Crippen LogP contribution in [0.1, 0.15) is 16.1 Å². The second-order valence-electron chi connectivity index (χ2n) is 4.34. The van der Waals surface area contributed by atoms with Gasteiger partial charge >= 0.3 is 6.36 Å². The molecule has 7 heteroatoms. The van der Waals surface area contributed by atoms with Crippen molar-refractivity contribution in [1.29, 1.82) is 0 Å². The third-order valence-corrected chi connectivity index (χ3v) is 2.81. The van der Waals surface area contributed by atoms with Crippen LogP contribution >= 0.6 is 0 Å². The van der Waals surface area contributed by atoms with E-state index in [1.54, 1.807) is 36.0 Å². The predicted molar refractivity (Wildman–Crippen MR) is 69.7 cm³/mol. The molecule has 0 saturated carbocycles. The highest BCUT2D eigenvalue weighted by Crippen LogP contribution is 2.26. The third kappa shape index (κ3) is 4.01. The Morgan fingerprint density at radius 3 is 2.57 bits per heavy atom. The Bertz CT molecular complexity index is 635. The number of benzene rings is 1. The Morgan fingerprint density at radius 1 is 1.24 bits per heavy atom. The molecule has 1 aromatic heterocycles. The van der Waals surface area contributed by atoms with Gasteiger partial charge in [0.15, 0.2) is 0 Å². The van der Waals surface area contributed by atoms with E-state index in [-0.39, 0.29) is 23.8 Å². The minimum atomic E-state index is -4.77. The molecule has 0 aliphatic heterocycles. The number of halogens is 3. The first-order valence-electron chi connectivity index (χ1n) is 6.10. The van der Waals surface area contributed by atoms with E-state index in [0.29, 0.717) is 5.69 Å². The molecule has 0 aliphatic rings. The highest BCUT2D eigenvalue weighted by atomic mass is 19.4. The first kappa shape index (κ1) is 15.0. The summed E-state index contributed by atoms with van der Waals surface area (Å²) in [5.74, 6) is -0.693. The van der Waals surface area contributed by atoms with Crippen LogP contribution in [0.5, 0.6) is 5.75 Å². The number of para-hydroxylation sites is 1. The van der Waals surface area contributed by atoms with Gasteiger partial charge in [-0.05, 0) is 18.2 Å². The monoisotopic (exact) mass is 298 g/mol. The van der Waals surface area contributed by atoms with Crippen molar-refractivity contribution in [3.05, 3.63) is 53.9 Å². The molecule has 2 rings (SSSR count). The molecular weight excluding hydrogens is 285 g/mol. The molecule has 0 atom stereocenters. The fourth-order valence-corrected chi connectivity index (χ4v) is 1.84. The van der Waals surface area contributed by atoms with Crippen LogP contribution < -0.4 is 10.1 Å². The van der Waals surface area contributed by atoms with Gasteiger partial charge in [0.1, 0.15) is 11.4 Å². The molecule has 0 radical (unpaired) electrons. The van der Waals surface area contributed by atoms with Crippen LogP contribution in [0, 0.1) is 0 Å². The number of hydrogen-bond donors (Lipinski definition) is 1. The first-order valence-corrected chi connectivity index (χ1v) is 6.10. The van der Waals surface area contributed by atoms with Gasteiger partial charge in [-0.15, -0.1) is 13.2 Å². The predicted octanol–water partition coefficient (Wildman–Crippen LogP) is 2.85. The Morgan fingerprint density at radius 2 is 1.95 bits per heavy atom. The summed E-state index contributed by atoms with van der Waals surface area (Å²) in [5, 5.41) is 2.56. The van der Waals surface area contributed by atoms with Crippen molar-refractivity contribution in [2.75, 3.05) is 0 Å². The standard InChI is InChI=1S/C14H13F3N2O2/c1-19-8-4-6-11(19)13(20)18-9-10-5-2-3-7-12(10)21-14(15,16)17/h2-8H,9H2,1H3,(H,18,20). The maximum atomic E-state index is 12.3. The number of rotatable bonds is 4. The van der Waals surface area contributed by atoms with E-state index in [9.17, 15) is 18.0 Å². The van der Waals surface area contributed by atoms with Gasteiger partial charge in [0.25, 0.3) is 5.91 Å². The van der Waals surface area contributed by atoms with Crippen LogP contribution in [-0.2, 0) is 13.6 Å². The van der Waals surface area contributed by atoms with Gasteiger partial charge in [-0.2, -0.15) is 0 Å². The number of aryl methyl sites for hydroxylation is 1. The van der Waals surface area contributed by atoms with E-state index >= 15 is 0 Å². The molecule has 21 heavy (non-hydrogen) atoms. The minimum Gasteiger partial charge on any atom is -0.405 e. The lowest BCUT2D eigenvalue weighted by Crippen LogP contribution is -2.25. The molecule has 1 heterocycles. The topological polar surface area (TPSA) is 43.3 Å². The van der Waals surface area contributed by atoms with Crippen LogP contribution in [0.2, 0.25) is 0 Å². The van der Waals surface area contributed by atoms with Crippen molar-refractivity contribution in [1.82, 2.24) is 9.88 Å². The highest BCUT2D eigenvalue weighted by molar-refractivity contribution is 5.92. The smallest absolute Gasteiger partial charge is 0.405 e. The van der Waals surface area contributed by atoms with Gasteiger partial charge in [-0.1, -0.05) is 18.2 Å². The number of carbonyl (C=O) groups excluding carboxylic acids is 1. The first-order chi connectivity index (χ1) is 9.87. The summed E-state index contributed by atoms with van der Waals surface area (Å²) >= 11 is 0. The Balaban J connectivity index is 2.07. The van der Waals surface area contributed by atoms with E-state index in [2.05, 4.69) is 10.1 Å². The van der Waals surface area contributed by atoms with Crippen molar-refractivity contribution in [3.8, 4) is 5.75 Å². The molecule has 0 saturated heterocycles. The Kier molecular flexibility index (Phi) is 4.21. The van der Waals surface area contributed by atoms with Crippen molar-refractivity contribution < 1.29 is 22.7 Å². The molecule has 1 amide bonds. The number of aromatic nitrogens is 1. The average molecular weight is 298 g/mol. The van der Waals surface area contributed by atoms with Crippen LogP contribution in [0.25, 0.3) is 0 Å². The number of ether oxygens (including phenoxy) is 1. The fraction of sp³-hybridized carbons (Fsp3) is 0.214. The zero-order valence-electron chi connectivity index (χ0n) is 11.1. The Hall–Kier alpha value is -2.44. The molecule has 2 aromatic rings. The maximum Gasteiger partial charge on any atom is 0.573 e. The van der Waals surface area contributed by atoms with Gasteiger partial charge in [0.2, 0.25) is 0 Å². The maximum absolute atomic E-state index is 12.3. The van der Waals surface area contributed by atoms with E-state index in [0.717, 1.165) is 0 Å². The largest absolute Gasteiger partial charge is 0.573 e. The molecule has 0 bridgehead atoms. The summed E-state index contributed by atoms with van der Waals surface area (Å²) in [7, 11) is 1.70. The summed E-state index contributed by atoms with van der Waals surface area (Å²) in [6.07, 6.45) is -3.06. The molecule has 0 fully saturated rings. The van der Waals surface area contributed by atoms with Crippen molar-refractivity contribution in [2.45, 2.75) is 12.9 Å². The third-order valence-electron chi connectivity index (χ3n) is 2.81. The van der Waals surface area contributed by atoms with Crippen LogP contribution in [0.4, 0.5) is 13.2 Å². The number of nitrogens with zero attached hydrogens (tertiary/aromatic N) is 1. The van der Waals surface area contributed by atoms with E-state index in [4.69, 9.17) is 0 Å². The van der Waals surface area contributed by atoms with Gasteiger partial charge < -0.3 is 14.6 Å². The second kappa shape index (κ2) is 5.90. The summed E-state index contributed by atoms with van der Waals surface area (Å²) in [6.45, 7) is -0.0593. The zero-order chi connectivity index (χ0) is 15.5. The second-order valence-corrected chi connectivity index (χ2v) is 4.34. The lowest BCUT2D eigenvalue weighted by Gasteiger charge is -2.13. The van der Waals surface area contributed by atoms with E-state index < -0.39 is 6.36 Å². The van der Waals surface area contributed by atoms with Crippen LogP contribution in [0.3, 0.4) is 0 Å². The molecular formula is C14H13F3N2O2. The van der Waals surface area contributed by atoms with Crippen molar-refractivity contribution >= 4 is 5.91 Å². The normalized spacial score (nSPS) is 11.2.